The second-order valence-corrected chi connectivity index (χ2v) is 8.53. The first-order chi connectivity index (χ1) is 14.1. The normalized spacial score (nSPS) is 25.1. The number of amides is 1. The molecule has 0 saturated carbocycles. The summed E-state index contributed by atoms with van der Waals surface area (Å²) in [6.45, 7) is 3.94. The van der Waals surface area contributed by atoms with Crippen LogP contribution in [0, 0.1) is 12.8 Å². The van der Waals surface area contributed by atoms with E-state index in [9.17, 15) is 9.59 Å². The van der Waals surface area contributed by atoms with Gasteiger partial charge in [0.15, 0.2) is 0 Å². The quantitative estimate of drug-likeness (QED) is 0.823. The number of pyridine rings is 1. The maximum atomic E-state index is 13.2. The predicted molar refractivity (Wildman–Crippen MR) is 109 cm³/mol. The van der Waals surface area contributed by atoms with Crippen molar-refractivity contribution in [1.82, 2.24) is 25.2 Å². The Bertz CT molecular complexity index is 1010. The second kappa shape index (κ2) is 7.37. The molecule has 1 saturated heterocycles. The van der Waals surface area contributed by atoms with Gasteiger partial charge in [-0.1, -0.05) is 6.07 Å². The van der Waals surface area contributed by atoms with Crippen LogP contribution in [-0.4, -0.2) is 33.5 Å². The number of piperidine rings is 1. The summed E-state index contributed by atoms with van der Waals surface area (Å²) >= 11 is 0. The molecule has 4 heterocycles. The molecule has 2 aliphatic heterocycles. The van der Waals surface area contributed by atoms with E-state index in [2.05, 4.69) is 15.6 Å². The van der Waals surface area contributed by atoms with E-state index in [0.29, 0.717) is 18.3 Å². The molecule has 29 heavy (non-hydrogen) atoms. The van der Waals surface area contributed by atoms with Crippen LogP contribution < -0.4 is 16.2 Å². The van der Waals surface area contributed by atoms with Crippen LogP contribution in [0.2, 0.25) is 0 Å². The third kappa shape index (κ3) is 3.27. The molecule has 2 bridgehead atoms. The highest BCUT2D eigenvalue weighted by atomic mass is 16.2. The van der Waals surface area contributed by atoms with Crippen molar-refractivity contribution in [1.29, 1.82) is 0 Å². The Kier molecular flexibility index (Phi) is 4.70. The molecule has 2 aromatic rings. The van der Waals surface area contributed by atoms with Crippen LogP contribution in [0.25, 0.3) is 0 Å². The van der Waals surface area contributed by atoms with Gasteiger partial charge in [-0.15, -0.1) is 0 Å². The van der Waals surface area contributed by atoms with Gasteiger partial charge >= 0.3 is 0 Å². The van der Waals surface area contributed by atoms with Crippen LogP contribution in [-0.2, 0) is 24.2 Å². The fourth-order valence-corrected chi connectivity index (χ4v) is 5.32. The number of aryl methyl sites for hydroxylation is 2. The largest absolute Gasteiger partial charge is 0.347 e. The van der Waals surface area contributed by atoms with E-state index in [1.165, 1.54) is 12.0 Å². The zero-order valence-corrected chi connectivity index (χ0v) is 16.8. The van der Waals surface area contributed by atoms with Gasteiger partial charge < -0.3 is 10.6 Å². The maximum absolute atomic E-state index is 13.2. The average Bonchev–Trinajstić information content (AvgIpc) is 2.73. The molecule has 0 radical (unpaired) electrons. The van der Waals surface area contributed by atoms with Gasteiger partial charge in [-0.05, 0) is 50.7 Å². The molecule has 1 fully saturated rings. The minimum Gasteiger partial charge on any atom is -0.347 e. The number of carbonyl (C=O) groups excluding carboxylic acids is 1. The van der Waals surface area contributed by atoms with Crippen molar-refractivity contribution >= 4 is 5.91 Å². The van der Waals surface area contributed by atoms with Crippen molar-refractivity contribution in [3.05, 3.63) is 57.0 Å². The molecular formula is C22H27N5O2. The zero-order valence-electron chi connectivity index (χ0n) is 16.8. The number of hydrogen-bond acceptors (Lipinski definition) is 5. The zero-order chi connectivity index (χ0) is 20.0. The Balaban J connectivity index is 1.39. The Labute approximate surface area is 170 Å². The SMILES string of the molecule is Cc1nc(CNC(=O)[C@H]2[C@@H]3CNC[C@@H](C3)c3cccc(=O)n32)nc2c1CCCC2. The lowest BCUT2D eigenvalue weighted by Gasteiger charge is -2.42. The first-order valence-electron chi connectivity index (χ1n) is 10.7. The highest BCUT2D eigenvalue weighted by molar-refractivity contribution is 5.81. The fourth-order valence-electron chi connectivity index (χ4n) is 5.32. The van der Waals surface area contributed by atoms with E-state index in [1.54, 1.807) is 16.7 Å². The minimum atomic E-state index is -0.485. The number of rotatable bonds is 3. The van der Waals surface area contributed by atoms with Crippen LogP contribution in [0.15, 0.2) is 23.0 Å². The summed E-state index contributed by atoms with van der Waals surface area (Å²) in [7, 11) is 0. The van der Waals surface area contributed by atoms with Crippen LogP contribution in [0.1, 0.15) is 59.7 Å². The van der Waals surface area contributed by atoms with Gasteiger partial charge in [0.1, 0.15) is 11.9 Å². The molecule has 7 nitrogen and oxygen atoms in total. The Morgan fingerprint density at radius 1 is 1.24 bits per heavy atom. The summed E-state index contributed by atoms with van der Waals surface area (Å²) in [5.74, 6) is 0.948. The third-order valence-electron chi connectivity index (χ3n) is 6.67. The van der Waals surface area contributed by atoms with Gasteiger partial charge in [-0.2, -0.15) is 0 Å². The van der Waals surface area contributed by atoms with Crippen molar-refractivity contribution in [3.8, 4) is 0 Å². The van der Waals surface area contributed by atoms with Crippen LogP contribution in [0.4, 0.5) is 0 Å². The molecule has 3 aliphatic rings. The molecule has 1 amide bonds. The Morgan fingerprint density at radius 2 is 2.10 bits per heavy atom. The molecule has 2 aromatic heterocycles. The number of aromatic nitrogens is 3. The molecule has 0 aromatic carbocycles. The summed E-state index contributed by atoms with van der Waals surface area (Å²) in [4.78, 5) is 35.2. The monoisotopic (exact) mass is 393 g/mol. The number of nitrogens with zero attached hydrogens (tertiary/aromatic N) is 3. The Morgan fingerprint density at radius 3 is 3.00 bits per heavy atom. The number of carbonyl (C=O) groups is 1. The van der Waals surface area contributed by atoms with E-state index < -0.39 is 6.04 Å². The maximum Gasteiger partial charge on any atom is 0.251 e. The summed E-state index contributed by atoms with van der Waals surface area (Å²) in [6.07, 6.45) is 5.32. The molecule has 3 atom stereocenters. The van der Waals surface area contributed by atoms with E-state index in [1.807, 2.05) is 13.0 Å². The van der Waals surface area contributed by atoms with Gasteiger partial charge in [0.2, 0.25) is 5.91 Å². The van der Waals surface area contributed by atoms with Crippen molar-refractivity contribution < 1.29 is 4.79 Å². The minimum absolute atomic E-state index is 0.0971. The molecule has 0 unspecified atom stereocenters. The van der Waals surface area contributed by atoms with E-state index >= 15 is 0 Å². The first kappa shape index (κ1) is 18.5. The molecular weight excluding hydrogens is 366 g/mol. The van der Waals surface area contributed by atoms with Crippen molar-refractivity contribution in [2.24, 2.45) is 5.92 Å². The second-order valence-electron chi connectivity index (χ2n) is 8.53. The molecule has 7 heteroatoms. The Hall–Kier alpha value is -2.54. The van der Waals surface area contributed by atoms with Gasteiger partial charge in [0, 0.05) is 48.1 Å². The smallest absolute Gasteiger partial charge is 0.251 e. The fraction of sp³-hybridized carbons (Fsp3) is 0.545. The summed E-state index contributed by atoms with van der Waals surface area (Å²) < 4.78 is 1.72. The highest BCUT2D eigenvalue weighted by Crippen LogP contribution is 2.38. The topological polar surface area (TPSA) is 88.9 Å². The van der Waals surface area contributed by atoms with Gasteiger partial charge in [0.25, 0.3) is 5.56 Å². The molecule has 0 spiro atoms. The van der Waals surface area contributed by atoms with Gasteiger partial charge in [-0.3, -0.25) is 14.2 Å². The van der Waals surface area contributed by atoms with Crippen molar-refractivity contribution in [3.63, 3.8) is 0 Å². The lowest BCUT2D eigenvalue weighted by Crippen LogP contribution is -2.52. The van der Waals surface area contributed by atoms with Crippen molar-refractivity contribution in [2.45, 2.75) is 57.5 Å². The highest BCUT2D eigenvalue weighted by Gasteiger charge is 2.41. The molecule has 1 aliphatic carbocycles. The molecule has 152 valence electrons. The lowest BCUT2D eigenvalue weighted by molar-refractivity contribution is -0.127. The lowest BCUT2D eigenvalue weighted by atomic mass is 9.79. The van der Waals surface area contributed by atoms with Gasteiger partial charge in [-0.25, -0.2) is 9.97 Å². The first-order valence-corrected chi connectivity index (χ1v) is 10.7. The third-order valence-corrected chi connectivity index (χ3v) is 6.67. The number of fused-ring (bicyclic) bond motifs is 5. The van der Waals surface area contributed by atoms with Crippen LogP contribution >= 0.6 is 0 Å². The van der Waals surface area contributed by atoms with E-state index in [-0.39, 0.29) is 17.4 Å². The van der Waals surface area contributed by atoms with Crippen LogP contribution in [0.3, 0.4) is 0 Å². The summed E-state index contributed by atoms with van der Waals surface area (Å²) in [5.41, 5.74) is 4.30. The van der Waals surface area contributed by atoms with E-state index in [4.69, 9.17) is 4.98 Å². The standard InChI is InChI=1S/C22H27N5O2/c1-13-16-5-2-3-6-17(16)26-19(25-13)12-24-22(29)21-15-9-14(10-23-11-15)18-7-4-8-20(28)27(18)21/h4,7-8,14-15,21,23H,2-3,5-6,9-12H2,1H3,(H,24,29)/t14-,15+,21-/m1/s1. The van der Waals surface area contributed by atoms with Crippen LogP contribution in [0.5, 0.6) is 0 Å². The summed E-state index contributed by atoms with van der Waals surface area (Å²) in [6, 6.07) is 4.84. The number of nitrogens with one attached hydrogen (secondary N) is 2. The molecule has 2 N–H and O–H groups in total. The number of hydrogen-bond donors (Lipinski definition) is 2. The van der Waals surface area contributed by atoms with E-state index in [0.717, 1.165) is 55.9 Å². The average molecular weight is 393 g/mol. The van der Waals surface area contributed by atoms with Gasteiger partial charge in [0.05, 0.1) is 6.54 Å². The summed E-state index contributed by atoms with van der Waals surface area (Å²) in [5, 5.41) is 6.45. The predicted octanol–water partition coefficient (Wildman–Crippen LogP) is 1.39. The van der Waals surface area contributed by atoms with Crippen molar-refractivity contribution in [2.75, 3.05) is 13.1 Å². The molecule has 5 rings (SSSR count).